The Kier molecular flexibility index (Phi) is 88.9. The molecular weight excluding hydrogens is 698 g/mol. The van der Waals surface area contributed by atoms with E-state index in [-0.39, 0.29) is 80.3 Å². The second-order valence-electron chi connectivity index (χ2n) is 6.51. The van der Waals surface area contributed by atoms with Gasteiger partial charge in [0.25, 0.3) is 0 Å². The number of carbonyl (C=O) groups excluding carboxylic acids is 2. The fourth-order valence-corrected chi connectivity index (χ4v) is 2.12. The maximum atomic E-state index is 10.3. The summed E-state index contributed by atoms with van der Waals surface area (Å²) in [6.45, 7) is 20.0. The predicted molar refractivity (Wildman–Crippen MR) is 194 cm³/mol. The van der Waals surface area contributed by atoms with Gasteiger partial charge in [-0.25, -0.2) is 0 Å². The zero-order chi connectivity index (χ0) is 32.0. The van der Waals surface area contributed by atoms with Crippen molar-refractivity contribution < 1.29 is 75.0 Å². The molecule has 0 spiro atoms. The van der Waals surface area contributed by atoms with E-state index in [1.807, 2.05) is 106 Å². The number of hydrogen-bond donors (Lipinski definition) is 2. The van der Waals surface area contributed by atoms with E-state index in [1.165, 1.54) is 5.56 Å². The van der Waals surface area contributed by atoms with Gasteiger partial charge in [0, 0.05) is 71.1 Å². The Morgan fingerprint density at radius 3 is 1.11 bits per heavy atom. The maximum absolute atomic E-state index is 10.3. The molecule has 0 bridgehead atoms. The smallest absolute Gasteiger partial charge is 0.153 e. The van der Waals surface area contributed by atoms with Gasteiger partial charge in [0.15, 0.2) is 6.03 Å². The third kappa shape index (κ3) is 59.5. The number of nitrogens with two attached hydrogens (primary N) is 1. The number of nitrogens with one attached hydrogen (secondary N) is 2. The minimum absolute atomic E-state index is 0. The molecule has 4 N–H and O–H groups in total. The normalized spacial score (nSPS) is 8.68. The first-order chi connectivity index (χ1) is 19.4. The number of anilines is 2. The van der Waals surface area contributed by atoms with Crippen LogP contribution in [0.3, 0.4) is 0 Å². The van der Waals surface area contributed by atoms with Crippen molar-refractivity contribution >= 4 is 23.5 Å². The molecule has 6 nitrogen and oxygen atoms in total. The van der Waals surface area contributed by atoms with Crippen molar-refractivity contribution in [3.05, 3.63) is 119 Å². The van der Waals surface area contributed by atoms with Crippen molar-refractivity contribution in [2.45, 2.75) is 96.9 Å². The van der Waals surface area contributed by atoms with Crippen LogP contribution in [-0.4, -0.2) is 12.1 Å². The summed E-state index contributed by atoms with van der Waals surface area (Å²) in [4.78, 5) is 18.5. The molecule has 2 aliphatic rings. The summed E-state index contributed by atoms with van der Waals surface area (Å²) < 4.78 is 0. The molecule has 0 saturated heterocycles. The van der Waals surface area contributed by atoms with Gasteiger partial charge in [0.1, 0.15) is 0 Å². The fourth-order valence-electron chi connectivity index (χ4n) is 2.12. The van der Waals surface area contributed by atoms with Gasteiger partial charge in [-0.1, -0.05) is 166 Å². The average Bonchev–Trinajstić information content (AvgIpc) is 3.77. The van der Waals surface area contributed by atoms with E-state index in [1.54, 1.807) is 12.1 Å². The van der Waals surface area contributed by atoms with E-state index < -0.39 is 6.03 Å². The minimum atomic E-state index is -0.783. The molecule has 4 rings (SSSR count). The molecule has 246 valence electrons. The first kappa shape index (κ1) is 64.9. The molecule has 2 amide bonds. The van der Waals surface area contributed by atoms with Crippen molar-refractivity contribution in [3.8, 4) is 0 Å². The number of rotatable bonds is 1. The largest absolute Gasteiger partial charge is 0.724 e. The van der Waals surface area contributed by atoms with Crippen molar-refractivity contribution in [1.29, 1.82) is 0 Å². The van der Waals surface area contributed by atoms with Gasteiger partial charge in [-0.15, -0.1) is 0 Å². The van der Waals surface area contributed by atoms with Crippen LogP contribution >= 0.6 is 0 Å². The first-order valence-electron chi connectivity index (χ1n) is 13.9. The van der Waals surface area contributed by atoms with Gasteiger partial charge in [0.2, 0.25) is 0 Å². The molecule has 2 aromatic carbocycles. The summed E-state index contributed by atoms with van der Waals surface area (Å²) in [5, 5.41) is 9.12. The summed E-state index contributed by atoms with van der Waals surface area (Å²) in [5.74, 6) is 0. The van der Waals surface area contributed by atoms with Crippen LogP contribution in [0, 0.1) is 13.8 Å². The van der Waals surface area contributed by atoms with Gasteiger partial charge >= 0.3 is 0 Å². The number of amides is 2. The Morgan fingerprint density at radius 2 is 0.932 bits per heavy atom. The number of isocyanates is 1. The van der Waals surface area contributed by atoms with Crippen molar-refractivity contribution in [2.24, 2.45) is 0 Å². The quantitative estimate of drug-likeness (QED) is 0.171. The van der Waals surface area contributed by atoms with Gasteiger partial charge in [-0.2, -0.15) is 0 Å². The Morgan fingerprint density at radius 1 is 0.682 bits per heavy atom. The number of benzene rings is 2. The zero-order valence-corrected chi connectivity index (χ0v) is 33.3. The molecule has 0 unspecified atom stereocenters. The van der Waals surface area contributed by atoms with E-state index in [2.05, 4.69) is 53.9 Å². The van der Waals surface area contributed by atoms with Gasteiger partial charge in [-0.05, 0) is 50.6 Å². The molecule has 0 fully saturated rings. The van der Waals surface area contributed by atoms with E-state index in [4.69, 9.17) is 21.7 Å². The average molecular weight is 761 g/mol. The second-order valence-corrected chi connectivity index (χ2v) is 6.51. The van der Waals surface area contributed by atoms with Crippen LogP contribution < -0.4 is 11.1 Å². The molecular formula is C36H62N4O2Y2-2. The first-order valence-corrected chi connectivity index (χ1v) is 13.9. The Labute approximate surface area is 323 Å². The molecule has 2 aliphatic carbocycles. The predicted octanol–water partition coefficient (Wildman–Crippen LogP) is 12.4. The molecule has 0 aromatic heterocycles. The summed E-state index contributed by atoms with van der Waals surface area (Å²) in [5.41, 5.74) is 15.9. The zero-order valence-electron chi connectivity index (χ0n) is 27.6. The minimum Gasteiger partial charge on any atom is -0.724 e. The number of urea groups is 1. The molecule has 2 aromatic rings. The van der Waals surface area contributed by atoms with Crippen LogP contribution in [0.1, 0.15) is 94.2 Å². The molecule has 0 saturated carbocycles. The molecule has 0 heterocycles. The van der Waals surface area contributed by atoms with E-state index in [9.17, 15) is 4.79 Å². The second kappa shape index (κ2) is 60.3. The maximum Gasteiger partial charge on any atom is 0.153 e. The molecule has 2 radical (unpaired) electrons. The number of nitrogens with zero attached hydrogens (tertiary/aromatic N) is 1. The van der Waals surface area contributed by atoms with Gasteiger partial charge in [0.05, 0.1) is 0 Å². The molecule has 44 heavy (non-hydrogen) atoms. The summed E-state index contributed by atoms with van der Waals surface area (Å²) in [6, 6.07) is 14.3. The summed E-state index contributed by atoms with van der Waals surface area (Å²) in [6.07, 6.45) is 19.5. The SMILES string of the molecule is C.C.C1=CCC=C1.C1=CCC=C1.CC.CC.CC.CC.Cc1ccc(N)cc1.Cc1ccc(NC([NH-])=O)cc1.[N-]=C=O.[Y].[Y]. The number of hydrogen-bond acceptors (Lipinski definition) is 3. The fraction of sp³-hybridized carbons (Fsp3) is 0.389. The Hall–Kier alpha value is -1.94. The van der Waals surface area contributed by atoms with Crippen LogP contribution in [-0.2, 0) is 70.2 Å². The van der Waals surface area contributed by atoms with Gasteiger partial charge in [-0.3, -0.25) is 9.59 Å². The van der Waals surface area contributed by atoms with Crippen molar-refractivity contribution in [2.75, 3.05) is 11.1 Å². The van der Waals surface area contributed by atoms with Gasteiger partial charge < -0.3 is 22.2 Å². The molecule has 0 aliphatic heterocycles. The van der Waals surface area contributed by atoms with Crippen LogP contribution in [0.15, 0.2) is 97.1 Å². The third-order valence-corrected chi connectivity index (χ3v) is 3.70. The summed E-state index contributed by atoms with van der Waals surface area (Å²) >= 11 is 0. The van der Waals surface area contributed by atoms with Crippen LogP contribution in [0.2, 0.25) is 0 Å². The van der Waals surface area contributed by atoms with Crippen molar-refractivity contribution in [1.82, 2.24) is 0 Å². The molecule has 8 heteroatoms. The topological polar surface area (TPSA) is 118 Å². The van der Waals surface area contributed by atoms with Crippen LogP contribution in [0.5, 0.6) is 0 Å². The van der Waals surface area contributed by atoms with Crippen molar-refractivity contribution in [3.63, 3.8) is 0 Å². The Balaban J connectivity index is -0.0000000478. The monoisotopic (exact) mass is 760 g/mol. The number of allylic oxidation sites excluding steroid dienone is 8. The number of carbonyl (C=O) groups is 1. The van der Waals surface area contributed by atoms with E-state index >= 15 is 0 Å². The third-order valence-electron chi connectivity index (χ3n) is 3.70. The molecule has 0 atom stereocenters. The number of nitrogen functional groups attached to an aromatic ring is 1. The Bertz CT molecular complexity index is 871. The number of aryl methyl sites for hydroxylation is 2. The van der Waals surface area contributed by atoms with Crippen LogP contribution in [0.25, 0.3) is 11.1 Å². The van der Waals surface area contributed by atoms with E-state index in [0.717, 1.165) is 24.1 Å². The summed E-state index contributed by atoms with van der Waals surface area (Å²) in [7, 11) is 0. The van der Waals surface area contributed by atoms with E-state index in [0.29, 0.717) is 11.8 Å². The standard InChI is InChI=1S/C8H10N2O.C7H9N.2C5H6.4C2H6.CNO.2CH4.2Y/c1-6-2-4-7(5-3-6)10-8(9)11;1-6-2-4-7(8)5-3-6;2*1-2-4-5-3-1;4*1-2;2-1-3;;;;/h2-5H,1H3,(H3,9,10,11);2-5H,8H2,1H3;2*1-4H,5H2;4*1-2H3;;2*1H4;;/q;;;;;;;;-1;;;;/p-1. The van der Waals surface area contributed by atoms with Crippen LogP contribution in [0.4, 0.5) is 16.2 Å².